The number of halogens is 2. The van der Waals surface area contributed by atoms with E-state index in [1.807, 2.05) is 0 Å². The van der Waals surface area contributed by atoms with E-state index in [-0.39, 0.29) is 30.8 Å². The van der Waals surface area contributed by atoms with E-state index in [1.54, 1.807) is 18.3 Å². The van der Waals surface area contributed by atoms with Crippen LogP contribution in [0.4, 0.5) is 0 Å². The first-order chi connectivity index (χ1) is 6.29. The Bertz CT molecular complexity index is 308. The lowest BCUT2D eigenvalue weighted by molar-refractivity contribution is 0.0599. The summed E-state index contributed by atoms with van der Waals surface area (Å²) >= 11 is 0. The molecule has 1 aromatic rings. The highest BCUT2D eigenvalue weighted by Gasteiger charge is 2.10. The molecule has 0 fully saturated rings. The third kappa shape index (κ3) is 4.46. The fourth-order valence-corrected chi connectivity index (χ4v) is 1.07. The van der Waals surface area contributed by atoms with E-state index in [2.05, 4.69) is 9.72 Å². The number of esters is 1. The largest absolute Gasteiger partial charge is 0.465 e. The molecule has 0 aliphatic carbocycles. The smallest absolute Gasteiger partial charge is 0.339 e. The van der Waals surface area contributed by atoms with Crippen molar-refractivity contribution in [2.45, 2.75) is 6.42 Å². The number of methoxy groups -OCH3 is 1. The highest BCUT2D eigenvalue weighted by atomic mass is 35.5. The van der Waals surface area contributed by atoms with Crippen LogP contribution >= 0.6 is 24.8 Å². The predicted octanol–water partition coefficient (Wildman–Crippen LogP) is 1.21. The summed E-state index contributed by atoms with van der Waals surface area (Å²) in [7, 11) is 1.35. The molecule has 1 aromatic heterocycles. The lowest BCUT2D eigenvalue weighted by atomic mass is 10.1. The number of ether oxygens (including phenoxy) is 1. The van der Waals surface area contributed by atoms with Gasteiger partial charge in [-0.1, -0.05) is 0 Å². The number of rotatable bonds is 3. The van der Waals surface area contributed by atoms with Crippen molar-refractivity contribution in [3.63, 3.8) is 0 Å². The maximum absolute atomic E-state index is 11.2. The molecule has 0 spiro atoms. The first-order valence-corrected chi connectivity index (χ1v) is 4.02. The molecule has 0 aliphatic rings. The highest BCUT2D eigenvalue weighted by Crippen LogP contribution is 2.06. The molecule has 0 unspecified atom stereocenters. The zero-order valence-corrected chi connectivity index (χ0v) is 9.94. The molecule has 0 amide bonds. The minimum atomic E-state index is -0.364. The van der Waals surface area contributed by atoms with Crippen molar-refractivity contribution >= 4 is 30.8 Å². The van der Waals surface area contributed by atoms with Crippen molar-refractivity contribution in [1.82, 2.24) is 4.98 Å². The van der Waals surface area contributed by atoms with Gasteiger partial charge in [-0.2, -0.15) is 0 Å². The minimum absolute atomic E-state index is 0. The lowest BCUT2D eigenvalue weighted by Crippen LogP contribution is -2.11. The summed E-state index contributed by atoms with van der Waals surface area (Å²) in [6, 6.07) is 3.39. The quantitative estimate of drug-likeness (QED) is 0.822. The number of carbonyl (C=O) groups is 1. The Labute approximate surface area is 101 Å². The Kier molecular flexibility index (Phi) is 9.36. The molecule has 0 aliphatic heterocycles. The Hall–Kier alpha value is -0.840. The number of hydrogen-bond acceptors (Lipinski definition) is 4. The van der Waals surface area contributed by atoms with E-state index in [4.69, 9.17) is 5.73 Å². The van der Waals surface area contributed by atoms with Crippen molar-refractivity contribution < 1.29 is 9.53 Å². The third-order valence-corrected chi connectivity index (χ3v) is 1.68. The molecule has 6 heteroatoms. The van der Waals surface area contributed by atoms with E-state index in [1.165, 1.54) is 7.11 Å². The molecular weight excluding hydrogens is 239 g/mol. The third-order valence-electron chi connectivity index (χ3n) is 1.68. The SMILES string of the molecule is COC(=O)c1cccnc1CCN.Cl.Cl. The van der Waals surface area contributed by atoms with Crippen LogP contribution in [-0.4, -0.2) is 24.6 Å². The molecule has 0 aromatic carbocycles. The number of carbonyl (C=O) groups excluding carboxylic acids is 1. The van der Waals surface area contributed by atoms with Gasteiger partial charge in [0.1, 0.15) is 0 Å². The standard InChI is InChI=1S/C9H12N2O2.2ClH/c1-13-9(12)7-3-2-6-11-8(7)4-5-10;;/h2-3,6H,4-5,10H2,1H3;2*1H. The summed E-state index contributed by atoms with van der Waals surface area (Å²) in [5.74, 6) is -0.364. The van der Waals surface area contributed by atoms with Gasteiger partial charge in [0.25, 0.3) is 0 Å². The Balaban J connectivity index is 0. The average molecular weight is 253 g/mol. The number of nitrogens with zero attached hydrogens (tertiary/aromatic N) is 1. The van der Waals surface area contributed by atoms with Crippen molar-refractivity contribution in [2.75, 3.05) is 13.7 Å². The molecule has 0 saturated carbocycles. The normalized spacial score (nSPS) is 8.40. The first-order valence-electron chi connectivity index (χ1n) is 4.02. The second kappa shape index (κ2) is 8.47. The lowest BCUT2D eigenvalue weighted by Gasteiger charge is -2.04. The van der Waals surface area contributed by atoms with Gasteiger partial charge >= 0.3 is 5.97 Å². The number of pyridine rings is 1. The van der Waals surface area contributed by atoms with E-state index in [0.29, 0.717) is 24.2 Å². The van der Waals surface area contributed by atoms with E-state index in [9.17, 15) is 4.79 Å². The molecule has 0 saturated heterocycles. The minimum Gasteiger partial charge on any atom is -0.465 e. The van der Waals surface area contributed by atoms with Crippen LogP contribution < -0.4 is 5.73 Å². The highest BCUT2D eigenvalue weighted by molar-refractivity contribution is 5.90. The van der Waals surface area contributed by atoms with E-state index in [0.717, 1.165) is 0 Å². The van der Waals surface area contributed by atoms with Crippen molar-refractivity contribution in [3.05, 3.63) is 29.6 Å². The van der Waals surface area contributed by atoms with Crippen LogP contribution in [0.5, 0.6) is 0 Å². The summed E-state index contributed by atoms with van der Waals surface area (Å²) in [6.45, 7) is 0.473. The number of hydrogen-bond donors (Lipinski definition) is 1. The van der Waals surface area contributed by atoms with Crippen LogP contribution in [0, 0.1) is 0 Å². The van der Waals surface area contributed by atoms with E-state index >= 15 is 0 Å². The summed E-state index contributed by atoms with van der Waals surface area (Å²) in [5, 5.41) is 0. The van der Waals surface area contributed by atoms with Crippen LogP contribution in [0.3, 0.4) is 0 Å². The Morgan fingerprint density at radius 3 is 2.73 bits per heavy atom. The fourth-order valence-electron chi connectivity index (χ4n) is 1.07. The molecule has 4 nitrogen and oxygen atoms in total. The van der Waals surface area contributed by atoms with Crippen LogP contribution in [-0.2, 0) is 11.2 Å². The van der Waals surface area contributed by atoms with Gasteiger partial charge in [0.05, 0.1) is 18.4 Å². The van der Waals surface area contributed by atoms with Gasteiger partial charge < -0.3 is 10.5 Å². The maximum Gasteiger partial charge on any atom is 0.339 e. The molecular formula is C9H14Cl2N2O2. The second-order valence-electron chi connectivity index (χ2n) is 2.53. The molecule has 2 N–H and O–H groups in total. The zero-order chi connectivity index (χ0) is 9.68. The van der Waals surface area contributed by atoms with Gasteiger partial charge in [-0.05, 0) is 18.7 Å². The Morgan fingerprint density at radius 2 is 2.20 bits per heavy atom. The maximum atomic E-state index is 11.2. The molecule has 86 valence electrons. The summed E-state index contributed by atoms with van der Waals surface area (Å²) in [4.78, 5) is 15.3. The van der Waals surface area contributed by atoms with Gasteiger partial charge in [-0.15, -0.1) is 24.8 Å². The Morgan fingerprint density at radius 1 is 1.53 bits per heavy atom. The summed E-state index contributed by atoms with van der Waals surface area (Å²) < 4.78 is 4.60. The molecule has 0 bridgehead atoms. The van der Waals surface area contributed by atoms with E-state index < -0.39 is 0 Å². The molecule has 1 rings (SSSR count). The van der Waals surface area contributed by atoms with Gasteiger partial charge in [-0.25, -0.2) is 4.79 Å². The van der Waals surface area contributed by atoms with Crippen LogP contribution in [0.15, 0.2) is 18.3 Å². The molecule has 15 heavy (non-hydrogen) atoms. The van der Waals surface area contributed by atoms with Gasteiger partial charge in [0.15, 0.2) is 0 Å². The topological polar surface area (TPSA) is 65.2 Å². The van der Waals surface area contributed by atoms with Crippen molar-refractivity contribution in [2.24, 2.45) is 5.73 Å². The van der Waals surface area contributed by atoms with Crippen molar-refractivity contribution in [3.8, 4) is 0 Å². The van der Waals surface area contributed by atoms with Gasteiger partial charge in [0.2, 0.25) is 0 Å². The predicted molar refractivity (Wildman–Crippen MR) is 62.8 cm³/mol. The molecule has 0 atom stereocenters. The number of aromatic nitrogens is 1. The summed E-state index contributed by atoms with van der Waals surface area (Å²) in [5.41, 5.74) is 6.57. The number of nitrogens with two attached hydrogens (primary N) is 1. The van der Waals surface area contributed by atoms with Crippen LogP contribution in [0.1, 0.15) is 16.1 Å². The average Bonchev–Trinajstić information content (AvgIpc) is 2.18. The fraction of sp³-hybridized carbons (Fsp3) is 0.333. The van der Waals surface area contributed by atoms with Crippen molar-refractivity contribution in [1.29, 1.82) is 0 Å². The summed E-state index contributed by atoms with van der Waals surface area (Å²) in [6.07, 6.45) is 2.22. The zero-order valence-electron chi connectivity index (χ0n) is 8.30. The molecule has 0 radical (unpaired) electrons. The van der Waals surface area contributed by atoms with Gasteiger partial charge in [-0.3, -0.25) is 4.98 Å². The first kappa shape index (κ1) is 16.6. The van der Waals surface area contributed by atoms with Gasteiger partial charge in [0, 0.05) is 12.6 Å². The van der Waals surface area contributed by atoms with Crippen LogP contribution in [0.25, 0.3) is 0 Å². The molecule has 1 heterocycles. The second-order valence-corrected chi connectivity index (χ2v) is 2.53. The monoisotopic (exact) mass is 252 g/mol. The van der Waals surface area contributed by atoms with Crippen LogP contribution in [0.2, 0.25) is 0 Å².